The zero-order valence-electron chi connectivity index (χ0n) is 10.7. The number of alkyl halides is 3. The Hall–Kier alpha value is -1.85. The van der Waals surface area contributed by atoms with Gasteiger partial charge in [-0.15, -0.1) is 0 Å². The number of ether oxygens (including phenoxy) is 1. The van der Waals surface area contributed by atoms with Gasteiger partial charge in [-0.1, -0.05) is 13.8 Å². The summed E-state index contributed by atoms with van der Waals surface area (Å²) >= 11 is 0. The van der Waals surface area contributed by atoms with E-state index in [0.29, 0.717) is 16.6 Å². The van der Waals surface area contributed by atoms with Crippen LogP contribution in [-0.4, -0.2) is 17.1 Å². The van der Waals surface area contributed by atoms with Crippen molar-refractivity contribution in [1.29, 1.82) is 0 Å². The number of benzene rings is 1. The Morgan fingerprint density at radius 2 is 1.84 bits per heavy atom. The molecular weight excluding hydrogens is 257 g/mol. The highest BCUT2D eigenvalue weighted by molar-refractivity contribution is 5.84. The molecule has 0 atom stereocenters. The minimum atomic E-state index is -4.47. The lowest BCUT2D eigenvalue weighted by atomic mass is 10.0. The predicted molar refractivity (Wildman–Crippen MR) is 65.2 cm³/mol. The van der Waals surface area contributed by atoms with Crippen LogP contribution in [0.3, 0.4) is 0 Å². The first-order valence-corrected chi connectivity index (χ1v) is 5.74. The third-order valence-electron chi connectivity index (χ3n) is 2.84. The minimum absolute atomic E-state index is 0.0139. The van der Waals surface area contributed by atoms with Crippen molar-refractivity contribution >= 4 is 10.9 Å². The van der Waals surface area contributed by atoms with Gasteiger partial charge in [-0.05, 0) is 12.0 Å². The van der Waals surface area contributed by atoms with Crippen LogP contribution in [0.2, 0.25) is 0 Å². The van der Waals surface area contributed by atoms with Gasteiger partial charge in [0.2, 0.25) is 0 Å². The molecule has 6 heteroatoms. The van der Waals surface area contributed by atoms with E-state index in [1.807, 2.05) is 13.8 Å². The van der Waals surface area contributed by atoms with Gasteiger partial charge in [-0.25, -0.2) is 9.97 Å². The molecule has 0 fully saturated rings. The fourth-order valence-corrected chi connectivity index (χ4v) is 1.95. The number of halogens is 3. The van der Waals surface area contributed by atoms with Crippen LogP contribution in [0, 0.1) is 0 Å². The fraction of sp³-hybridized carbons (Fsp3) is 0.385. The highest BCUT2D eigenvalue weighted by atomic mass is 19.4. The van der Waals surface area contributed by atoms with Gasteiger partial charge in [0.1, 0.15) is 12.1 Å². The smallest absolute Gasteiger partial charge is 0.419 e. The summed E-state index contributed by atoms with van der Waals surface area (Å²) < 4.78 is 43.7. The number of methoxy groups -OCH3 is 1. The molecule has 1 aromatic carbocycles. The summed E-state index contributed by atoms with van der Waals surface area (Å²) in [4.78, 5) is 8.06. The normalized spacial score (nSPS) is 12.2. The summed E-state index contributed by atoms with van der Waals surface area (Å²) in [5, 5.41) is 0.408. The SMILES string of the molecule is COc1cc2ncnc(C(C)C)c2cc1C(F)(F)F. The largest absolute Gasteiger partial charge is 0.496 e. The van der Waals surface area contributed by atoms with Gasteiger partial charge in [0, 0.05) is 11.5 Å². The molecule has 0 spiro atoms. The minimum Gasteiger partial charge on any atom is -0.496 e. The van der Waals surface area contributed by atoms with Crippen molar-refractivity contribution in [3.05, 3.63) is 29.7 Å². The Kier molecular flexibility index (Phi) is 3.34. The molecule has 102 valence electrons. The van der Waals surface area contributed by atoms with Crippen molar-refractivity contribution in [2.75, 3.05) is 7.11 Å². The van der Waals surface area contributed by atoms with Gasteiger partial charge >= 0.3 is 6.18 Å². The molecule has 0 radical (unpaired) electrons. The zero-order valence-corrected chi connectivity index (χ0v) is 10.7. The molecule has 0 aliphatic heterocycles. The lowest BCUT2D eigenvalue weighted by molar-refractivity contribution is -0.138. The van der Waals surface area contributed by atoms with Crippen molar-refractivity contribution in [3.8, 4) is 5.75 Å². The van der Waals surface area contributed by atoms with Crippen LogP contribution < -0.4 is 4.74 Å². The van der Waals surface area contributed by atoms with Crippen LogP contribution >= 0.6 is 0 Å². The number of rotatable bonds is 2. The maximum Gasteiger partial charge on any atom is 0.419 e. The van der Waals surface area contributed by atoms with Crippen LogP contribution in [0.4, 0.5) is 13.2 Å². The molecule has 3 nitrogen and oxygen atoms in total. The molecule has 0 amide bonds. The molecule has 0 unspecified atom stereocenters. The average Bonchev–Trinajstić information content (AvgIpc) is 2.35. The van der Waals surface area contributed by atoms with E-state index in [2.05, 4.69) is 9.97 Å². The van der Waals surface area contributed by atoms with E-state index in [0.717, 1.165) is 6.07 Å². The van der Waals surface area contributed by atoms with Crippen LogP contribution in [-0.2, 0) is 6.18 Å². The molecule has 0 bridgehead atoms. The summed E-state index contributed by atoms with van der Waals surface area (Å²) in [5.41, 5.74) is 0.237. The van der Waals surface area contributed by atoms with Crippen LogP contribution in [0.25, 0.3) is 10.9 Å². The highest BCUT2D eigenvalue weighted by Crippen LogP contribution is 2.39. The molecule has 0 N–H and O–H groups in total. The van der Waals surface area contributed by atoms with Crippen LogP contribution in [0.15, 0.2) is 18.5 Å². The van der Waals surface area contributed by atoms with E-state index in [1.165, 1.54) is 19.5 Å². The Labute approximate surface area is 108 Å². The maximum absolute atomic E-state index is 13.0. The van der Waals surface area contributed by atoms with E-state index in [9.17, 15) is 13.2 Å². The average molecular weight is 270 g/mol. The van der Waals surface area contributed by atoms with E-state index < -0.39 is 11.7 Å². The van der Waals surface area contributed by atoms with Crippen molar-refractivity contribution in [2.45, 2.75) is 25.9 Å². The number of hydrogen-bond acceptors (Lipinski definition) is 3. The third kappa shape index (κ3) is 2.47. The van der Waals surface area contributed by atoms with E-state index >= 15 is 0 Å². The number of nitrogens with zero attached hydrogens (tertiary/aromatic N) is 2. The van der Waals surface area contributed by atoms with Crippen molar-refractivity contribution < 1.29 is 17.9 Å². The van der Waals surface area contributed by atoms with Crippen molar-refractivity contribution in [3.63, 3.8) is 0 Å². The molecule has 1 aromatic heterocycles. The Morgan fingerprint density at radius 3 is 2.37 bits per heavy atom. The first-order valence-electron chi connectivity index (χ1n) is 5.74. The highest BCUT2D eigenvalue weighted by Gasteiger charge is 2.35. The molecule has 1 heterocycles. The van der Waals surface area contributed by atoms with Gasteiger partial charge in [0.25, 0.3) is 0 Å². The molecule has 0 aliphatic rings. The van der Waals surface area contributed by atoms with Crippen LogP contribution in [0.1, 0.15) is 31.0 Å². The molecule has 0 saturated heterocycles. The van der Waals surface area contributed by atoms with Gasteiger partial charge < -0.3 is 4.74 Å². The molecule has 19 heavy (non-hydrogen) atoms. The second kappa shape index (κ2) is 4.68. The van der Waals surface area contributed by atoms with E-state index in [4.69, 9.17) is 4.74 Å². The first kappa shape index (κ1) is 13.6. The lowest BCUT2D eigenvalue weighted by Gasteiger charge is -2.15. The first-order chi connectivity index (χ1) is 8.84. The zero-order chi connectivity index (χ0) is 14.2. The Bertz CT molecular complexity index is 609. The summed E-state index contributed by atoms with van der Waals surface area (Å²) in [5.74, 6) is -0.214. The second-order valence-electron chi connectivity index (χ2n) is 4.48. The molecule has 2 rings (SSSR count). The predicted octanol–water partition coefficient (Wildman–Crippen LogP) is 3.78. The molecule has 2 aromatic rings. The topological polar surface area (TPSA) is 35.0 Å². The van der Waals surface area contributed by atoms with Crippen LogP contribution in [0.5, 0.6) is 5.75 Å². The third-order valence-corrected chi connectivity index (χ3v) is 2.84. The summed E-state index contributed by atoms with van der Waals surface area (Å²) in [7, 11) is 1.21. The number of aromatic nitrogens is 2. The lowest BCUT2D eigenvalue weighted by Crippen LogP contribution is -2.08. The summed E-state index contributed by atoms with van der Waals surface area (Å²) in [6.45, 7) is 3.75. The monoisotopic (exact) mass is 270 g/mol. The number of fused-ring (bicyclic) bond motifs is 1. The van der Waals surface area contributed by atoms with E-state index in [1.54, 1.807) is 0 Å². The summed E-state index contributed by atoms with van der Waals surface area (Å²) in [6.07, 6.45) is -3.12. The summed E-state index contributed by atoms with van der Waals surface area (Å²) in [6, 6.07) is 2.36. The maximum atomic E-state index is 13.0. The van der Waals surface area contributed by atoms with E-state index in [-0.39, 0.29) is 11.7 Å². The van der Waals surface area contributed by atoms with Gasteiger partial charge in [0.05, 0.1) is 23.9 Å². The fourth-order valence-electron chi connectivity index (χ4n) is 1.95. The Morgan fingerprint density at radius 1 is 1.16 bits per heavy atom. The number of hydrogen-bond donors (Lipinski definition) is 0. The standard InChI is InChI=1S/C13H13F3N2O/c1-7(2)12-8-4-9(13(14,15)16)11(19-3)5-10(8)17-6-18-12/h4-7H,1-3H3. The molecule has 0 aliphatic carbocycles. The van der Waals surface area contributed by atoms with Crippen molar-refractivity contribution in [1.82, 2.24) is 9.97 Å². The quantitative estimate of drug-likeness (QED) is 0.833. The van der Waals surface area contributed by atoms with Crippen molar-refractivity contribution in [2.24, 2.45) is 0 Å². The molecule has 0 saturated carbocycles. The second-order valence-corrected chi connectivity index (χ2v) is 4.48. The van der Waals surface area contributed by atoms with Gasteiger partial charge in [-0.3, -0.25) is 0 Å². The van der Waals surface area contributed by atoms with Gasteiger partial charge in [0.15, 0.2) is 0 Å². The Balaban J connectivity index is 2.80. The molecular formula is C13H13F3N2O. The van der Waals surface area contributed by atoms with Gasteiger partial charge in [-0.2, -0.15) is 13.2 Å².